The molecule has 1 amide bonds. The van der Waals surface area contributed by atoms with Gasteiger partial charge in [0.05, 0.1) is 20.1 Å². The van der Waals surface area contributed by atoms with E-state index in [0.717, 1.165) is 17.7 Å². The van der Waals surface area contributed by atoms with Gasteiger partial charge in [0.1, 0.15) is 11.8 Å². The van der Waals surface area contributed by atoms with Gasteiger partial charge >= 0.3 is 5.97 Å². The average molecular weight is 321 g/mol. The van der Waals surface area contributed by atoms with E-state index in [0.29, 0.717) is 0 Å². The molecule has 128 valence electrons. The number of carbonyl (C=O) groups excluding carboxylic acids is 2. The Morgan fingerprint density at radius 1 is 1.26 bits per heavy atom. The number of nitrogens with one attached hydrogen (secondary N) is 1. The maximum atomic E-state index is 12.0. The van der Waals surface area contributed by atoms with Crippen LogP contribution in [-0.4, -0.2) is 31.6 Å². The van der Waals surface area contributed by atoms with Crippen molar-refractivity contribution in [3.63, 3.8) is 0 Å². The molecule has 23 heavy (non-hydrogen) atoms. The molecule has 5 heteroatoms. The molecule has 1 N–H and O–H groups in total. The summed E-state index contributed by atoms with van der Waals surface area (Å²) >= 11 is 0. The Morgan fingerprint density at radius 3 is 2.52 bits per heavy atom. The lowest BCUT2D eigenvalue weighted by atomic mass is 9.99. The standard InChI is InChI=1S/C18H27NO4/c1-6-13(3)17(18(21)22-5)19-16(20)9-10-23-15-8-7-12(2)11-14(15)4/h7-8,11,13,17H,6,9-10H2,1-5H3,(H,19,20). The number of carbonyl (C=O) groups is 2. The summed E-state index contributed by atoms with van der Waals surface area (Å²) in [7, 11) is 1.33. The molecule has 0 aliphatic heterocycles. The second-order valence-corrected chi connectivity index (χ2v) is 5.82. The molecule has 0 aromatic heterocycles. The van der Waals surface area contributed by atoms with Crippen molar-refractivity contribution in [1.29, 1.82) is 0 Å². The van der Waals surface area contributed by atoms with Crippen molar-refractivity contribution in [2.45, 2.75) is 46.6 Å². The largest absolute Gasteiger partial charge is 0.493 e. The van der Waals surface area contributed by atoms with E-state index in [4.69, 9.17) is 9.47 Å². The number of hydrogen-bond donors (Lipinski definition) is 1. The fourth-order valence-corrected chi connectivity index (χ4v) is 2.26. The molecule has 0 aliphatic rings. The number of benzene rings is 1. The van der Waals surface area contributed by atoms with E-state index in [2.05, 4.69) is 5.32 Å². The van der Waals surface area contributed by atoms with E-state index in [9.17, 15) is 9.59 Å². The topological polar surface area (TPSA) is 64.6 Å². The van der Waals surface area contributed by atoms with Crippen LogP contribution in [-0.2, 0) is 14.3 Å². The molecule has 0 aliphatic carbocycles. The zero-order valence-electron chi connectivity index (χ0n) is 14.6. The van der Waals surface area contributed by atoms with Crippen molar-refractivity contribution in [1.82, 2.24) is 5.32 Å². The third kappa shape index (κ3) is 5.93. The van der Waals surface area contributed by atoms with Crippen molar-refractivity contribution in [3.05, 3.63) is 29.3 Å². The van der Waals surface area contributed by atoms with Crippen LogP contribution < -0.4 is 10.1 Å². The van der Waals surface area contributed by atoms with E-state index in [1.165, 1.54) is 12.7 Å². The van der Waals surface area contributed by atoms with Crippen LogP contribution in [0.4, 0.5) is 0 Å². The summed E-state index contributed by atoms with van der Waals surface area (Å²) in [6, 6.07) is 5.29. The lowest BCUT2D eigenvalue weighted by Gasteiger charge is -2.21. The predicted molar refractivity (Wildman–Crippen MR) is 89.4 cm³/mol. The second kappa shape index (κ2) is 9.18. The number of aryl methyl sites for hydroxylation is 2. The van der Waals surface area contributed by atoms with Gasteiger partial charge in [-0.05, 0) is 31.4 Å². The van der Waals surface area contributed by atoms with Crippen LogP contribution in [0.2, 0.25) is 0 Å². The van der Waals surface area contributed by atoms with E-state index in [-0.39, 0.29) is 24.9 Å². The van der Waals surface area contributed by atoms with E-state index in [1.54, 1.807) is 0 Å². The minimum atomic E-state index is -0.612. The SMILES string of the molecule is CCC(C)C(NC(=O)CCOc1ccc(C)cc1C)C(=O)OC. The minimum Gasteiger partial charge on any atom is -0.493 e. The number of hydrogen-bond acceptors (Lipinski definition) is 4. The molecule has 0 spiro atoms. The van der Waals surface area contributed by atoms with Gasteiger partial charge in [0, 0.05) is 0 Å². The number of amides is 1. The van der Waals surface area contributed by atoms with Gasteiger partial charge < -0.3 is 14.8 Å². The Morgan fingerprint density at radius 2 is 1.96 bits per heavy atom. The van der Waals surface area contributed by atoms with Gasteiger partial charge in [-0.3, -0.25) is 4.79 Å². The van der Waals surface area contributed by atoms with Gasteiger partial charge in [0.15, 0.2) is 0 Å². The second-order valence-electron chi connectivity index (χ2n) is 5.82. The molecular formula is C18H27NO4. The summed E-state index contributed by atoms with van der Waals surface area (Å²) in [4.78, 5) is 23.8. The smallest absolute Gasteiger partial charge is 0.328 e. The summed E-state index contributed by atoms with van der Waals surface area (Å²) in [5, 5.41) is 2.73. The highest BCUT2D eigenvalue weighted by molar-refractivity contribution is 5.84. The number of rotatable bonds is 8. The Kier molecular flexibility index (Phi) is 7.59. The zero-order valence-corrected chi connectivity index (χ0v) is 14.6. The summed E-state index contributed by atoms with van der Waals surface area (Å²) in [5.41, 5.74) is 2.21. The monoisotopic (exact) mass is 321 g/mol. The van der Waals surface area contributed by atoms with Crippen LogP contribution in [0.3, 0.4) is 0 Å². The highest BCUT2D eigenvalue weighted by atomic mass is 16.5. The fraction of sp³-hybridized carbons (Fsp3) is 0.556. The molecule has 5 nitrogen and oxygen atoms in total. The van der Waals surface area contributed by atoms with Crippen molar-refractivity contribution in [3.8, 4) is 5.75 Å². The molecule has 0 heterocycles. The van der Waals surface area contributed by atoms with Crippen LogP contribution in [0.15, 0.2) is 18.2 Å². The summed E-state index contributed by atoms with van der Waals surface area (Å²) in [5.74, 6) is 0.162. The maximum absolute atomic E-state index is 12.0. The Labute approximate surface area is 138 Å². The highest BCUT2D eigenvalue weighted by Crippen LogP contribution is 2.18. The molecule has 1 rings (SSSR count). The molecule has 0 saturated heterocycles. The van der Waals surface area contributed by atoms with Crippen LogP contribution in [0.5, 0.6) is 5.75 Å². The van der Waals surface area contributed by atoms with E-state index < -0.39 is 12.0 Å². The van der Waals surface area contributed by atoms with Gasteiger partial charge in [0.2, 0.25) is 5.91 Å². The average Bonchev–Trinajstić information content (AvgIpc) is 2.53. The third-order valence-corrected chi connectivity index (χ3v) is 3.90. The maximum Gasteiger partial charge on any atom is 0.328 e. The van der Waals surface area contributed by atoms with Gasteiger partial charge in [-0.15, -0.1) is 0 Å². The van der Waals surface area contributed by atoms with Crippen molar-refractivity contribution in [2.24, 2.45) is 5.92 Å². The fourth-order valence-electron chi connectivity index (χ4n) is 2.26. The molecule has 0 saturated carbocycles. The van der Waals surface area contributed by atoms with Gasteiger partial charge in [0.25, 0.3) is 0 Å². The Bertz CT molecular complexity index is 542. The first-order chi connectivity index (χ1) is 10.9. The van der Waals surface area contributed by atoms with E-state index >= 15 is 0 Å². The van der Waals surface area contributed by atoms with Crippen molar-refractivity contribution < 1.29 is 19.1 Å². The quantitative estimate of drug-likeness (QED) is 0.748. The molecule has 0 radical (unpaired) electrons. The van der Waals surface area contributed by atoms with Gasteiger partial charge in [-0.1, -0.05) is 38.0 Å². The number of ether oxygens (including phenoxy) is 2. The van der Waals surface area contributed by atoms with Gasteiger partial charge in [-0.25, -0.2) is 4.79 Å². The highest BCUT2D eigenvalue weighted by Gasteiger charge is 2.26. The Hall–Kier alpha value is -2.04. The first kappa shape index (κ1) is 19.0. The Balaban J connectivity index is 2.50. The molecule has 0 fully saturated rings. The van der Waals surface area contributed by atoms with Gasteiger partial charge in [-0.2, -0.15) is 0 Å². The minimum absolute atomic E-state index is 0.0201. The lowest BCUT2D eigenvalue weighted by molar-refractivity contribution is -0.146. The zero-order chi connectivity index (χ0) is 17.4. The molecule has 0 bridgehead atoms. The molecule has 1 aromatic carbocycles. The van der Waals surface area contributed by atoms with Crippen LogP contribution in [0.1, 0.15) is 37.8 Å². The summed E-state index contributed by atoms with van der Waals surface area (Å²) in [6.45, 7) is 8.14. The van der Waals surface area contributed by atoms with E-state index in [1.807, 2.05) is 45.9 Å². The summed E-state index contributed by atoms with van der Waals surface area (Å²) < 4.78 is 10.4. The van der Waals surface area contributed by atoms with Crippen LogP contribution in [0, 0.1) is 19.8 Å². The number of esters is 1. The normalized spacial score (nSPS) is 13.1. The first-order valence-corrected chi connectivity index (χ1v) is 7.96. The number of methoxy groups -OCH3 is 1. The first-order valence-electron chi connectivity index (χ1n) is 7.96. The molecule has 2 unspecified atom stereocenters. The summed E-state index contributed by atoms with van der Waals surface area (Å²) in [6.07, 6.45) is 0.969. The predicted octanol–water partition coefficient (Wildman–Crippen LogP) is 2.78. The molecule has 1 aromatic rings. The van der Waals surface area contributed by atoms with Crippen molar-refractivity contribution >= 4 is 11.9 Å². The van der Waals surface area contributed by atoms with Crippen LogP contribution >= 0.6 is 0 Å². The van der Waals surface area contributed by atoms with Crippen molar-refractivity contribution in [2.75, 3.05) is 13.7 Å². The molecule has 2 atom stereocenters. The lowest BCUT2D eigenvalue weighted by Crippen LogP contribution is -2.46. The third-order valence-electron chi connectivity index (χ3n) is 3.90. The molecular weight excluding hydrogens is 294 g/mol. The van der Waals surface area contributed by atoms with Crippen LogP contribution in [0.25, 0.3) is 0 Å².